The largest absolute Gasteiger partial charge is 0.354 e. The van der Waals surface area contributed by atoms with Crippen LogP contribution in [0.15, 0.2) is 53.4 Å². The predicted octanol–water partition coefficient (Wildman–Crippen LogP) is 3.63. The van der Waals surface area contributed by atoms with Gasteiger partial charge in [0.1, 0.15) is 6.04 Å². The van der Waals surface area contributed by atoms with Crippen LogP contribution in [0.3, 0.4) is 0 Å². The van der Waals surface area contributed by atoms with E-state index in [1.807, 2.05) is 31.2 Å². The van der Waals surface area contributed by atoms with Crippen LogP contribution in [0.4, 0.5) is 0 Å². The molecule has 0 heterocycles. The molecule has 0 aromatic heterocycles. The summed E-state index contributed by atoms with van der Waals surface area (Å²) >= 11 is 1.73. The summed E-state index contributed by atoms with van der Waals surface area (Å²) < 4.78 is 0. The molecule has 3 N–H and O–H groups in total. The van der Waals surface area contributed by atoms with E-state index in [1.165, 1.54) is 10.5 Å². The first-order valence-corrected chi connectivity index (χ1v) is 8.34. The highest BCUT2D eigenvalue weighted by Gasteiger charge is 2.14. The van der Waals surface area contributed by atoms with Gasteiger partial charge in [0.05, 0.1) is 0 Å². The van der Waals surface area contributed by atoms with Gasteiger partial charge < -0.3 is 11.1 Å². The molecule has 124 valence electrons. The topological polar surface area (TPSA) is 55.1 Å². The van der Waals surface area contributed by atoms with Gasteiger partial charge in [0, 0.05) is 17.2 Å². The Bertz CT molecular complexity index is 614. The smallest absolute Gasteiger partial charge is 0.241 e. The lowest BCUT2D eigenvalue weighted by Crippen LogP contribution is -2.35. The summed E-state index contributed by atoms with van der Waals surface area (Å²) in [5.74, 6) is 0.698. The number of amides is 1. The fourth-order valence-corrected chi connectivity index (χ4v) is 2.78. The van der Waals surface area contributed by atoms with Crippen molar-refractivity contribution in [1.29, 1.82) is 0 Å². The second-order valence-electron chi connectivity index (χ2n) is 5.34. The molecule has 0 spiro atoms. The lowest BCUT2D eigenvalue weighted by Gasteiger charge is -2.12. The zero-order valence-corrected chi connectivity index (χ0v) is 15.0. The van der Waals surface area contributed by atoms with Gasteiger partial charge in [-0.2, -0.15) is 0 Å². The fourth-order valence-electron chi connectivity index (χ4n) is 2.01. The molecule has 2 aromatic rings. The zero-order valence-electron chi connectivity index (χ0n) is 13.4. The number of aryl methyl sites for hydroxylation is 2. The molecular weight excluding hydrogens is 328 g/mol. The highest BCUT2D eigenvalue weighted by atomic mass is 35.5. The quantitative estimate of drug-likeness (QED) is 0.617. The molecule has 0 fully saturated rings. The van der Waals surface area contributed by atoms with Gasteiger partial charge >= 0.3 is 0 Å². The van der Waals surface area contributed by atoms with Crippen molar-refractivity contribution < 1.29 is 4.79 Å². The molecule has 2 rings (SSSR count). The zero-order chi connectivity index (χ0) is 15.9. The van der Waals surface area contributed by atoms with Gasteiger partial charge in [0.25, 0.3) is 0 Å². The molecule has 0 saturated heterocycles. The molecule has 1 amide bonds. The third-order valence-electron chi connectivity index (χ3n) is 3.41. The maximum absolute atomic E-state index is 12.0. The molecule has 5 heteroatoms. The molecule has 1 atom stereocenters. The molecule has 0 radical (unpaired) electrons. The number of hydrogen-bond acceptors (Lipinski definition) is 3. The van der Waals surface area contributed by atoms with Crippen molar-refractivity contribution >= 4 is 30.1 Å². The highest BCUT2D eigenvalue weighted by molar-refractivity contribution is 7.99. The average molecular weight is 351 g/mol. The Hall–Kier alpha value is -1.49. The normalized spacial score (nSPS) is 11.4. The number of rotatable bonds is 6. The van der Waals surface area contributed by atoms with Crippen LogP contribution in [-0.2, 0) is 4.79 Å². The number of hydrogen-bond donors (Lipinski definition) is 2. The molecule has 2 aromatic carbocycles. The van der Waals surface area contributed by atoms with E-state index in [2.05, 4.69) is 36.5 Å². The maximum atomic E-state index is 12.0. The van der Waals surface area contributed by atoms with Crippen LogP contribution < -0.4 is 11.1 Å². The number of nitrogens with one attached hydrogen (secondary N) is 1. The summed E-state index contributed by atoms with van der Waals surface area (Å²) in [7, 11) is 0. The molecule has 23 heavy (non-hydrogen) atoms. The Balaban J connectivity index is 0.00000264. The van der Waals surface area contributed by atoms with Crippen molar-refractivity contribution in [2.24, 2.45) is 5.73 Å². The minimum atomic E-state index is -0.607. The number of nitrogens with two attached hydrogens (primary N) is 1. The van der Waals surface area contributed by atoms with Crippen LogP contribution >= 0.6 is 24.2 Å². The van der Waals surface area contributed by atoms with E-state index in [-0.39, 0.29) is 18.3 Å². The van der Waals surface area contributed by atoms with E-state index in [4.69, 9.17) is 5.73 Å². The van der Waals surface area contributed by atoms with Crippen molar-refractivity contribution in [2.45, 2.75) is 24.8 Å². The summed E-state index contributed by atoms with van der Waals surface area (Å²) in [5, 5.41) is 2.89. The van der Waals surface area contributed by atoms with Crippen LogP contribution in [-0.4, -0.2) is 18.2 Å². The Morgan fingerprint density at radius 2 is 1.57 bits per heavy atom. The van der Waals surface area contributed by atoms with E-state index in [0.717, 1.165) is 16.9 Å². The number of carbonyl (C=O) groups is 1. The van der Waals surface area contributed by atoms with Crippen LogP contribution in [0, 0.1) is 13.8 Å². The summed E-state index contributed by atoms with van der Waals surface area (Å²) in [6.45, 7) is 4.69. The van der Waals surface area contributed by atoms with E-state index in [0.29, 0.717) is 6.54 Å². The summed E-state index contributed by atoms with van der Waals surface area (Å²) in [6, 6.07) is 15.5. The summed E-state index contributed by atoms with van der Waals surface area (Å²) in [5.41, 5.74) is 9.23. The number of benzene rings is 2. The minimum absolute atomic E-state index is 0. The fraction of sp³-hybridized carbons (Fsp3) is 0.278. The van der Waals surface area contributed by atoms with E-state index < -0.39 is 6.04 Å². The van der Waals surface area contributed by atoms with Crippen LogP contribution in [0.5, 0.6) is 0 Å². The molecule has 0 bridgehead atoms. The van der Waals surface area contributed by atoms with Crippen molar-refractivity contribution in [3.05, 3.63) is 65.2 Å². The molecule has 0 saturated carbocycles. The van der Waals surface area contributed by atoms with Crippen molar-refractivity contribution in [3.8, 4) is 0 Å². The lowest BCUT2D eigenvalue weighted by molar-refractivity contribution is -0.122. The minimum Gasteiger partial charge on any atom is -0.354 e. The van der Waals surface area contributed by atoms with Gasteiger partial charge in [0.2, 0.25) is 5.91 Å². The van der Waals surface area contributed by atoms with Crippen molar-refractivity contribution in [1.82, 2.24) is 5.32 Å². The summed E-state index contributed by atoms with van der Waals surface area (Å²) in [6.07, 6.45) is 0. The number of carbonyl (C=O) groups excluding carboxylic acids is 1. The van der Waals surface area contributed by atoms with Crippen LogP contribution in [0.2, 0.25) is 0 Å². The van der Waals surface area contributed by atoms with Gasteiger partial charge in [-0.25, -0.2) is 0 Å². The standard InChI is InChI=1S/C18H22N2OS.ClH/c1-13-3-7-15(8-4-13)17(19)18(21)20-11-12-22-16-9-5-14(2)6-10-16;/h3-10,17H,11-12,19H2,1-2H3,(H,20,21);1H. The molecular formula is C18H23ClN2OS. The monoisotopic (exact) mass is 350 g/mol. The van der Waals surface area contributed by atoms with Gasteiger partial charge in [-0.1, -0.05) is 47.5 Å². The lowest BCUT2D eigenvalue weighted by atomic mass is 10.1. The number of thioether (sulfide) groups is 1. The van der Waals surface area contributed by atoms with E-state index >= 15 is 0 Å². The third kappa shape index (κ3) is 6.26. The van der Waals surface area contributed by atoms with Gasteiger partial charge in [0.15, 0.2) is 0 Å². The first-order chi connectivity index (χ1) is 10.6. The molecule has 3 nitrogen and oxygen atoms in total. The predicted molar refractivity (Wildman–Crippen MR) is 100 cm³/mol. The number of halogens is 1. The molecule has 0 aliphatic heterocycles. The van der Waals surface area contributed by atoms with E-state index in [1.54, 1.807) is 11.8 Å². The van der Waals surface area contributed by atoms with Gasteiger partial charge in [-0.3, -0.25) is 4.79 Å². The molecule has 0 aliphatic carbocycles. The van der Waals surface area contributed by atoms with Crippen LogP contribution in [0.25, 0.3) is 0 Å². The van der Waals surface area contributed by atoms with Crippen molar-refractivity contribution in [3.63, 3.8) is 0 Å². The Kier molecular flexibility index (Phi) is 8.17. The molecule has 0 aliphatic rings. The highest BCUT2D eigenvalue weighted by Crippen LogP contribution is 2.17. The Morgan fingerprint density at radius 3 is 2.13 bits per heavy atom. The Labute approximate surface area is 148 Å². The maximum Gasteiger partial charge on any atom is 0.241 e. The van der Waals surface area contributed by atoms with Gasteiger partial charge in [-0.05, 0) is 31.5 Å². The first-order valence-electron chi connectivity index (χ1n) is 7.35. The SMILES string of the molecule is Cc1ccc(SCCNC(=O)C(N)c2ccc(C)cc2)cc1.Cl. The van der Waals surface area contributed by atoms with Gasteiger partial charge in [-0.15, -0.1) is 24.2 Å². The molecule has 1 unspecified atom stereocenters. The third-order valence-corrected chi connectivity index (χ3v) is 4.42. The first kappa shape index (κ1) is 19.6. The van der Waals surface area contributed by atoms with Crippen molar-refractivity contribution in [2.75, 3.05) is 12.3 Å². The summed E-state index contributed by atoms with van der Waals surface area (Å²) in [4.78, 5) is 13.2. The second-order valence-corrected chi connectivity index (χ2v) is 6.51. The van der Waals surface area contributed by atoms with E-state index in [9.17, 15) is 4.79 Å². The second kappa shape index (κ2) is 9.60. The van der Waals surface area contributed by atoms with Crippen LogP contribution in [0.1, 0.15) is 22.7 Å². The Morgan fingerprint density at radius 1 is 1.04 bits per heavy atom. The average Bonchev–Trinajstić information content (AvgIpc) is 2.53.